The van der Waals surface area contributed by atoms with Crippen molar-refractivity contribution < 1.29 is 9.53 Å². The van der Waals surface area contributed by atoms with E-state index in [9.17, 15) is 4.79 Å². The van der Waals surface area contributed by atoms with Gasteiger partial charge in [0.25, 0.3) is 5.91 Å². The van der Waals surface area contributed by atoms with Gasteiger partial charge in [-0.3, -0.25) is 9.69 Å². The van der Waals surface area contributed by atoms with Crippen LogP contribution in [0.2, 0.25) is 0 Å². The molecule has 2 aromatic carbocycles. The SMILES string of the molecule is COc1cccc(C(CNC(=O)c2ccc3nc(C)c(C)nc3c2)N2CCCC2)c1. The van der Waals surface area contributed by atoms with Crippen LogP contribution in [0.4, 0.5) is 0 Å². The molecule has 0 spiro atoms. The number of hydrogen-bond donors (Lipinski definition) is 1. The van der Waals surface area contributed by atoms with Crippen molar-refractivity contribution in [2.45, 2.75) is 32.7 Å². The van der Waals surface area contributed by atoms with E-state index in [2.05, 4.69) is 32.3 Å². The number of fused-ring (bicyclic) bond motifs is 1. The third kappa shape index (κ3) is 4.28. The Morgan fingerprint density at radius 3 is 2.53 bits per heavy atom. The molecular weight excluding hydrogens is 376 g/mol. The average Bonchev–Trinajstić information content (AvgIpc) is 3.29. The van der Waals surface area contributed by atoms with E-state index >= 15 is 0 Å². The van der Waals surface area contributed by atoms with Crippen LogP contribution in [0.5, 0.6) is 5.75 Å². The molecular formula is C24H28N4O2. The number of likely N-dealkylation sites (tertiary alicyclic amines) is 1. The highest BCUT2D eigenvalue weighted by molar-refractivity contribution is 5.97. The van der Waals surface area contributed by atoms with Gasteiger partial charge in [-0.1, -0.05) is 12.1 Å². The summed E-state index contributed by atoms with van der Waals surface area (Å²) in [5.41, 5.74) is 5.10. The zero-order valence-electron chi connectivity index (χ0n) is 17.8. The summed E-state index contributed by atoms with van der Waals surface area (Å²) in [5.74, 6) is 0.741. The molecule has 6 heteroatoms. The summed E-state index contributed by atoms with van der Waals surface area (Å²) in [6.45, 7) is 6.51. The number of carbonyl (C=O) groups excluding carboxylic acids is 1. The summed E-state index contributed by atoms with van der Waals surface area (Å²) < 4.78 is 5.40. The highest BCUT2D eigenvalue weighted by Crippen LogP contribution is 2.27. The summed E-state index contributed by atoms with van der Waals surface area (Å²) in [5, 5.41) is 3.13. The molecule has 30 heavy (non-hydrogen) atoms. The second kappa shape index (κ2) is 8.79. The quantitative estimate of drug-likeness (QED) is 0.676. The first kappa shape index (κ1) is 20.3. The van der Waals surface area contributed by atoms with Crippen LogP contribution in [0.3, 0.4) is 0 Å². The van der Waals surface area contributed by atoms with E-state index in [0.717, 1.165) is 46.8 Å². The topological polar surface area (TPSA) is 67.3 Å². The highest BCUT2D eigenvalue weighted by atomic mass is 16.5. The van der Waals surface area contributed by atoms with Crippen molar-refractivity contribution in [3.63, 3.8) is 0 Å². The van der Waals surface area contributed by atoms with Gasteiger partial charge in [0.05, 0.1) is 35.6 Å². The number of ether oxygens (including phenoxy) is 1. The fourth-order valence-electron chi connectivity index (χ4n) is 4.02. The highest BCUT2D eigenvalue weighted by Gasteiger charge is 2.24. The standard InChI is InChI=1S/C24H28N4O2/c1-16-17(2)27-22-14-19(9-10-21(22)26-16)24(29)25-15-23(28-11-4-5-12-28)18-7-6-8-20(13-18)30-3/h6-10,13-14,23H,4-5,11-12,15H2,1-3H3,(H,25,29). The average molecular weight is 405 g/mol. The van der Waals surface area contributed by atoms with Crippen molar-refractivity contribution in [3.8, 4) is 5.75 Å². The second-order valence-electron chi connectivity index (χ2n) is 7.84. The van der Waals surface area contributed by atoms with E-state index in [-0.39, 0.29) is 11.9 Å². The predicted octanol–water partition coefficient (Wildman–Crippen LogP) is 3.82. The maximum Gasteiger partial charge on any atom is 0.251 e. The molecule has 1 unspecified atom stereocenters. The molecule has 1 saturated heterocycles. The van der Waals surface area contributed by atoms with Crippen LogP contribution in [0.1, 0.15) is 46.2 Å². The lowest BCUT2D eigenvalue weighted by molar-refractivity contribution is 0.0938. The lowest BCUT2D eigenvalue weighted by atomic mass is 10.0. The second-order valence-corrected chi connectivity index (χ2v) is 7.84. The number of nitrogens with zero attached hydrogens (tertiary/aromatic N) is 3. The van der Waals surface area contributed by atoms with Crippen molar-refractivity contribution in [2.75, 3.05) is 26.7 Å². The summed E-state index contributed by atoms with van der Waals surface area (Å²) in [6, 6.07) is 13.7. The van der Waals surface area contributed by atoms with Gasteiger partial charge in [0.2, 0.25) is 0 Å². The Kier molecular flexibility index (Phi) is 5.95. The van der Waals surface area contributed by atoms with Crippen molar-refractivity contribution in [2.24, 2.45) is 0 Å². The lowest BCUT2D eigenvalue weighted by Crippen LogP contribution is -2.36. The minimum Gasteiger partial charge on any atom is -0.497 e. The van der Waals surface area contributed by atoms with Gasteiger partial charge in [-0.15, -0.1) is 0 Å². The Bertz CT molecular complexity index is 1060. The molecule has 1 aliphatic heterocycles. The summed E-state index contributed by atoms with van der Waals surface area (Å²) >= 11 is 0. The van der Waals surface area contributed by atoms with E-state index < -0.39 is 0 Å². The normalized spacial score (nSPS) is 15.3. The number of rotatable bonds is 6. The molecule has 1 aliphatic rings. The predicted molar refractivity (Wildman–Crippen MR) is 118 cm³/mol. The van der Waals surface area contributed by atoms with Gasteiger partial charge in [0.1, 0.15) is 5.75 Å². The van der Waals surface area contributed by atoms with Crippen LogP contribution >= 0.6 is 0 Å². The molecule has 1 aromatic heterocycles. The van der Waals surface area contributed by atoms with Gasteiger partial charge in [0, 0.05) is 12.1 Å². The number of benzene rings is 2. The fourth-order valence-corrected chi connectivity index (χ4v) is 4.02. The largest absolute Gasteiger partial charge is 0.497 e. The molecule has 1 N–H and O–H groups in total. The molecule has 1 amide bonds. The number of amides is 1. The van der Waals surface area contributed by atoms with Crippen LogP contribution in [-0.2, 0) is 0 Å². The maximum atomic E-state index is 12.9. The van der Waals surface area contributed by atoms with Gasteiger partial charge in [0.15, 0.2) is 0 Å². The first-order chi connectivity index (χ1) is 14.5. The van der Waals surface area contributed by atoms with Crippen molar-refractivity contribution in [3.05, 3.63) is 65.0 Å². The van der Waals surface area contributed by atoms with Crippen LogP contribution in [0, 0.1) is 13.8 Å². The van der Waals surface area contributed by atoms with Gasteiger partial charge < -0.3 is 10.1 Å². The van der Waals surface area contributed by atoms with Gasteiger partial charge in [-0.05, 0) is 75.7 Å². The fraction of sp³-hybridized carbons (Fsp3) is 0.375. The Morgan fingerprint density at radius 2 is 1.80 bits per heavy atom. The zero-order chi connectivity index (χ0) is 21.1. The van der Waals surface area contributed by atoms with Gasteiger partial charge >= 0.3 is 0 Å². The molecule has 0 aliphatic carbocycles. The smallest absolute Gasteiger partial charge is 0.251 e. The number of hydrogen-bond acceptors (Lipinski definition) is 5. The van der Waals surface area contributed by atoms with Crippen molar-refractivity contribution in [1.29, 1.82) is 0 Å². The van der Waals surface area contributed by atoms with E-state index in [0.29, 0.717) is 12.1 Å². The number of carbonyl (C=O) groups is 1. The molecule has 0 bridgehead atoms. The molecule has 4 rings (SSSR count). The number of nitrogens with one attached hydrogen (secondary N) is 1. The van der Waals surface area contributed by atoms with E-state index in [1.54, 1.807) is 7.11 Å². The number of methoxy groups -OCH3 is 1. The Morgan fingerprint density at radius 1 is 1.07 bits per heavy atom. The molecule has 0 saturated carbocycles. The molecule has 0 radical (unpaired) electrons. The van der Waals surface area contributed by atoms with Crippen LogP contribution in [0.25, 0.3) is 11.0 Å². The summed E-state index contributed by atoms with van der Waals surface area (Å²) in [4.78, 5) is 24.5. The van der Waals surface area contributed by atoms with Gasteiger partial charge in [-0.25, -0.2) is 9.97 Å². The Labute approximate surface area is 177 Å². The number of aryl methyl sites for hydroxylation is 2. The van der Waals surface area contributed by atoms with Crippen LogP contribution in [-0.4, -0.2) is 47.5 Å². The lowest BCUT2D eigenvalue weighted by Gasteiger charge is -2.28. The number of aromatic nitrogens is 2. The zero-order valence-corrected chi connectivity index (χ0v) is 17.8. The third-order valence-corrected chi connectivity index (χ3v) is 5.85. The van der Waals surface area contributed by atoms with E-state index in [1.165, 1.54) is 12.8 Å². The molecule has 156 valence electrons. The molecule has 2 heterocycles. The Hall–Kier alpha value is -2.99. The summed E-state index contributed by atoms with van der Waals surface area (Å²) in [7, 11) is 1.68. The monoisotopic (exact) mass is 404 g/mol. The van der Waals surface area contributed by atoms with Crippen LogP contribution < -0.4 is 10.1 Å². The summed E-state index contributed by atoms with van der Waals surface area (Å²) in [6.07, 6.45) is 2.38. The molecule has 3 aromatic rings. The van der Waals surface area contributed by atoms with Crippen molar-refractivity contribution >= 4 is 16.9 Å². The molecule has 1 fully saturated rings. The third-order valence-electron chi connectivity index (χ3n) is 5.85. The molecule has 1 atom stereocenters. The van der Waals surface area contributed by atoms with Crippen molar-refractivity contribution in [1.82, 2.24) is 20.2 Å². The first-order valence-electron chi connectivity index (χ1n) is 10.5. The minimum absolute atomic E-state index is 0.0935. The van der Waals surface area contributed by atoms with E-state index in [4.69, 9.17) is 4.74 Å². The first-order valence-corrected chi connectivity index (χ1v) is 10.5. The van der Waals surface area contributed by atoms with E-state index in [1.807, 2.05) is 44.2 Å². The maximum absolute atomic E-state index is 12.9. The Balaban J connectivity index is 1.53. The van der Waals surface area contributed by atoms with Gasteiger partial charge in [-0.2, -0.15) is 0 Å². The van der Waals surface area contributed by atoms with Crippen LogP contribution in [0.15, 0.2) is 42.5 Å². The molecule has 6 nitrogen and oxygen atoms in total. The minimum atomic E-state index is -0.0935.